The Bertz CT molecular complexity index is 2950. The van der Waals surface area contributed by atoms with E-state index in [1.54, 1.807) is 77.2 Å². The van der Waals surface area contributed by atoms with Gasteiger partial charge >= 0.3 is 0 Å². The lowest BCUT2D eigenvalue weighted by Gasteiger charge is -2.45. The predicted molar refractivity (Wildman–Crippen MR) is 254 cm³/mol. The Morgan fingerprint density at radius 1 is 0.582 bits per heavy atom. The van der Waals surface area contributed by atoms with E-state index < -0.39 is 35.5 Å². The first kappa shape index (κ1) is 43.1. The van der Waals surface area contributed by atoms with Crippen LogP contribution in [0, 0.1) is 35.5 Å². The monoisotopic (exact) mass is 896 g/mol. The van der Waals surface area contributed by atoms with Gasteiger partial charge in [-0.15, -0.1) is 0 Å². The van der Waals surface area contributed by atoms with Gasteiger partial charge in [0.1, 0.15) is 34.5 Å². The number of phenolic OH excluding ortho intramolecular Hbond substituents is 1. The van der Waals surface area contributed by atoms with E-state index in [0.717, 1.165) is 39.0 Å². The molecule has 3 heterocycles. The summed E-state index contributed by atoms with van der Waals surface area (Å²) in [5, 5.41) is 10.4. The van der Waals surface area contributed by atoms with Crippen molar-refractivity contribution >= 4 is 59.3 Å². The molecule has 67 heavy (non-hydrogen) atoms. The molecule has 6 atom stereocenters. The van der Waals surface area contributed by atoms with Crippen LogP contribution in [0.2, 0.25) is 0 Å². The minimum Gasteiger partial charge on any atom is -0.508 e. The summed E-state index contributed by atoms with van der Waals surface area (Å²) in [5.74, 6) is -1.84. The highest BCUT2D eigenvalue weighted by Crippen LogP contribution is 2.58. The number of ether oxygens (including phenoxy) is 5. The number of phenols is 1. The number of imide groups is 2. The molecule has 6 unspecified atom stereocenters. The SMILES string of the molecule is COc1ccc(OC)c(C=Cc2ccc(N3C(=O)C4CC=C5C(CC6C(=O)N(c7ccc(C=Cc8cc(OC)ccc8OC)cc7)C(=O)C6C5C5=COc6ccc(O)cc6C5)C4C3=O)cc2)c1. The van der Waals surface area contributed by atoms with Crippen molar-refractivity contribution in [3.63, 3.8) is 0 Å². The summed E-state index contributed by atoms with van der Waals surface area (Å²) in [7, 11) is 6.42. The Morgan fingerprint density at radius 3 is 1.69 bits per heavy atom. The summed E-state index contributed by atoms with van der Waals surface area (Å²) in [6.07, 6.45) is 12.2. The number of benzene rings is 5. The first-order valence-electron chi connectivity index (χ1n) is 22.2. The fourth-order valence-electron chi connectivity index (χ4n) is 10.7. The number of rotatable bonds is 11. The van der Waals surface area contributed by atoms with Crippen molar-refractivity contribution in [3.8, 4) is 34.5 Å². The van der Waals surface area contributed by atoms with Crippen LogP contribution in [0.1, 0.15) is 40.7 Å². The Labute approximate surface area is 388 Å². The number of fused-ring (bicyclic) bond motifs is 5. The maximum absolute atomic E-state index is 14.9. The second kappa shape index (κ2) is 17.5. The van der Waals surface area contributed by atoms with Gasteiger partial charge in [-0.1, -0.05) is 60.2 Å². The number of nitrogens with zero attached hydrogens (tertiary/aromatic N) is 2. The molecule has 2 aliphatic carbocycles. The van der Waals surface area contributed by atoms with Crippen LogP contribution in [0.5, 0.6) is 34.5 Å². The summed E-state index contributed by atoms with van der Waals surface area (Å²) in [5.41, 5.74) is 6.62. The van der Waals surface area contributed by atoms with Gasteiger partial charge in [0.15, 0.2) is 0 Å². The average molecular weight is 897 g/mol. The van der Waals surface area contributed by atoms with Crippen LogP contribution in [0.3, 0.4) is 0 Å². The molecule has 1 N–H and O–H groups in total. The highest BCUT2D eigenvalue weighted by Gasteiger charge is 2.62. The highest BCUT2D eigenvalue weighted by atomic mass is 16.5. The molecule has 12 heteroatoms. The first-order chi connectivity index (χ1) is 32.6. The highest BCUT2D eigenvalue weighted by molar-refractivity contribution is 6.24. The summed E-state index contributed by atoms with van der Waals surface area (Å²) >= 11 is 0. The second-order valence-corrected chi connectivity index (χ2v) is 17.4. The molecule has 0 spiro atoms. The van der Waals surface area contributed by atoms with Crippen LogP contribution >= 0.6 is 0 Å². The molecule has 5 aliphatic rings. The van der Waals surface area contributed by atoms with Gasteiger partial charge in [-0.05, 0) is 114 Å². The van der Waals surface area contributed by atoms with Crippen LogP contribution in [0.4, 0.5) is 11.4 Å². The smallest absolute Gasteiger partial charge is 0.238 e. The van der Waals surface area contributed by atoms with Crippen LogP contribution in [0.15, 0.2) is 127 Å². The van der Waals surface area contributed by atoms with Gasteiger partial charge in [-0.2, -0.15) is 0 Å². The molecule has 10 rings (SSSR count). The third kappa shape index (κ3) is 7.61. The lowest BCUT2D eigenvalue weighted by atomic mass is 9.56. The number of allylic oxidation sites excluding steroid dienone is 3. The van der Waals surface area contributed by atoms with Gasteiger partial charge in [0, 0.05) is 29.0 Å². The van der Waals surface area contributed by atoms with Gasteiger partial charge in [0.05, 0.1) is 69.7 Å². The summed E-state index contributed by atoms with van der Waals surface area (Å²) in [4.78, 5) is 61.3. The van der Waals surface area contributed by atoms with E-state index in [9.17, 15) is 24.3 Å². The van der Waals surface area contributed by atoms with E-state index in [4.69, 9.17) is 23.7 Å². The fraction of sp³-hybridized carbons (Fsp3) is 0.236. The zero-order chi connectivity index (χ0) is 46.5. The van der Waals surface area contributed by atoms with Gasteiger partial charge < -0.3 is 28.8 Å². The van der Waals surface area contributed by atoms with Crippen molar-refractivity contribution in [2.75, 3.05) is 38.2 Å². The van der Waals surface area contributed by atoms with E-state index in [-0.39, 0.29) is 35.8 Å². The van der Waals surface area contributed by atoms with Crippen molar-refractivity contribution in [3.05, 3.63) is 154 Å². The Balaban J connectivity index is 0.946. The number of anilines is 2. The minimum absolute atomic E-state index is 0.0817. The number of carbonyl (C=O) groups is 4. The molecular weight excluding hydrogens is 849 g/mol. The standard InChI is InChI=1S/C55H48N2O10/c1-63-40-18-23-46(65-3)33(27-40)11-5-31-7-13-37(14-8-31)56-52(59)43-21-20-42-44(50(43)54(56)61)29-45-51(49(42)36-25-35-26-39(58)17-22-48(35)67-30-36)55(62)57(53(45)60)38-15-9-32(10-16-38)6-12-34-28-41(64-2)19-24-47(34)66-4/h5-20,22-24,26-28,30,43-45,49-51,58H,21,25,29H2,1-4H3. The molecule has 3 fully saturated rings. The summed E-state index contributed by atoms with van der Waals surface area (Å²) < 4.78 is 28.0. The molecular formula is C55H48N2O10. The molecule has 5 aromatic carbocycles. The fourth-order valence-corrected chi connectivity index (χ4v) is 10.7. The number of amides is 4. The lowest BCUT2D eigenvalue weighted by Crippen LogP contribution is -2.45. The van der Waals surface area contributed by atoms with Crippen LogP contribution in [-0.2, 0) is 25.6 Å². The maximum Gasteiger partial charge on any atom is 0.238 e. The molecule has 0 radical (unpaired) electrons. The normalized spacial score (nSPS) is 23.0. The summed E-state index contributed by atoms with van der Waals surface area (Å²) in [6, 6.07) is 30.5. The van der Waals surface area contributed by atoms with Crippen LogP contribution in [0.25, 0.3) is 24.3 Å². The molecule has 2 saturated heterocycles. The largest absolute Gasteiger partial charge is 0.508 e. The van der Waals surface area contributed by atoms with E-state index in [0.29, 0.717) is 53.0 Å². The third-order valence-electron chi connectivity index (χ3n) is 13.9. The third-order valence-corrected chi connectivity index (χ3v) is 13.9. The van der Waals surface area contributed by atoms with Crippen molar-refractivity contribution in [1.29, 1.82) is 0 Å². The van der Waals surface area contributed by atoms with Gasteiger partial charge in [-0.3, -0.25) is 29.0 Å². The molecule has 0 aromatic heterocycles. The van der Waals surface area contributed by atoms with E-state index >= 15 is 0 Å². The van der Waals surface area contributed by atoms with Gasteiger partial charge in [0.25, 0.3) is 0 Å². The number of aromatic hydroxyl groups is 1. The van der Waals surface area contributed by atoms with E-state index in [1.165, 1.54) is 9.80 Å². The molecule has 3 aliphatic heterocycles. The van der Waals surface area contributed by atoms with Crippen molar-refractivity contribution < 1.29 is 48.0 Å². The number of hydrogen-bond donors (Lipinski definition) is 1. The quantitative estimate of drug-likeness (QED) is 0.0776. The number of hydrogen-bond acceptors (Lipinski definition) is 10. The Hall–Kier alpha value is -7.86. The Morgan fingerprint density at radius 2 is 1.13 bits per heavy atom. The molecule has 338 valence electrons. The van der Waals surface area contributed by atoms with Crippen LogP contribution < -0.4 is 33.5 Å². The van der Waals surface area contributed by atoms with E-state index in [2.05, 4.69) is 0 Å². The first-order valence-corrected chi connectivity index (χ1v) is 22.2. The number of carbonyl (C=O) groups excluding carboxylic acids is 4. The molecule has 12 nitrogen and oxygen atoms in total. The molecule has 4 amide bonds. The van der Waals surface area contributed by atoms with Crippen LogP contribution in [-0.4, -0.2) is 57.2 Å². The van der Waals surface area contributed by atoms with Gasteiger partial charge in [-0.25, -0.2) is 0 Å². The predicted octanol–water partition coefficient (Wildman–Crippen LogP) is 9.16. The minimum atomic E-state index is -0.777. The van der Waals surface area contributed by atoms with Crippen molar-refractivity contribution in [2.45, 2.75) is 19.3 Å². The zero-order valence-electron chi connectivity index (χ0n) is 37.4. The zero-order valence-corrected chi connectivity index (χ0v) is 37.4. The van der Waals surface area contributed by atoms with Gasteiger partial charge in [0.2, 0.25) is 23.6 Å². The molecule has 0 bridgehead atoms. The Kier molecular flexibility index (Phi) is 11.2. The second-order valence-electron chi connectivity index (χ2n) is 17.4. The lowest BCUT2D eigenvalue weighted by molar-refractivity contribution is -0.126. The maximum atomic E-state index is 14.9. The number of methoxy groups -OCH3 is 4. The van der Waals surface area contributed by atoms with Crippen molar-refractivity contribution in [2.24, 2.45) is 35.5 Å². The average Bonchev–Trinajstić information content (AvgIpc) is 3.77. The van der Waals surface area contributed by atoms with E-state index in [1.807, 2.05) is 91.0 Å². The van der Waals surface area contributed by atoms with Crippen molar-refractivity contribution in [1.82, 2.24) is 0 Å². The topological polar surface area (TPSA) is 141 Å². The molecule has 5 aromatic rings. The summed E-state index contributed by atoms with van der Waals surface area (Å²) in [6.45, 7) is 0. The molecule has 1 saturated carbocycles.